The van der Waals surface area contributed by atoms with E-state index in [0.717, 1.165) is 0 Å². The zero-order chi connectivity index (χ0) is 25.6. The molecule has 2 nitrogen and oxygen atoms in total. The van der Waals surface area contributed by atoms with Crippen LogP contribution in [0, 0.1) is 0 Å². The Bertz CT molecular complexity index is 643. The van der Waals surface area contributed by atoms with Crippen LogP contribution in [0.4, 0.5) is 0 Å². The fraction of sp³-hybridized carbons (Fsp3) is 0.786. The molecule has 0 aliphatic heterocycles. The van der Waals surface area contributed by atoms with Gasteiger partial charge in [-0.15, -0.1) is 0 Å². The average molecular weight is 479 g/mol. The molecule has 0 radical (unpaired) electrons. The van der Waals surface area contributed by atoms with Gasteiger partial charge in [0.1, 0.15) is 0 Å². The summed E-state index contributed by atoms with van der Waals surface area (Å²) in [6.45, 7) is 37.1. The predicted octanol–water partition coefficient (Wildman–Crippen LogP) is 8.04. The average Bonchev–Trinajstić information content (AvgIpc) is 2.53. The van der Waals surface area contributed by atoms with Crippen LogP contribution in [0.25, 0.3) is 0 Å². The van der Waals surface area contributed by atoms with Gasteiger partial charge in [-0.3, -0.25) is 0 Å². The van der Waals surface area contributed by atoms with Gasteiger partial charge in [0.2, 0.25) is 16.6 Å². The van der Waals surface area contributed by atoms with Crippen molar-refractivity contribution in [3.8, 4) is 0 Å². The minimum absolute atomic E-state index is 0.0635. The number of hydrogen-bond donors (Lipinski definition) is 0. The van der Waals surface area contributed by atoms with Crippen LogP contribution in [0.1, 0.15) is 111 Å². The van der Waals surface area contributed by atoms with Crippen molar-refractivity contribution in [1.29, 1.82) is 0 Å². The molecule has 1 aromatic rings. The molecular formula is C28H54O2Si2. The van der Waals surface area contributed by atoms with Crippen molar-refractivity contribution in [2.75, 3.05) is 0 Å². The van der Waals surface area contributed by atoms with Gasteiger partial charge in [-0.05, 0) is 58.2 Å². The molecule has 32 heavy (non-hydrogen) atoms. The third-order valence-electron chi connectivity index (χ3n) is 6.75. The van der Waals surface area contributed by atoms with Crippen LogP contribution >= 0.6 is 0 Å². The predicted molar refractivity (Wildman–Crippen MR) is 149 cm³/mol. The first-order chi connectivity index (χ1) is 14.0. The smallest absolute Gasteiger partial charge is 0.235 e. The molecule has 0 aliphatic rings. The molecule has 1 aromatic carbocycles. The van der Waals surface area contributed by atoms with Crippen molar-refractivity contribution in [3.05, 3.63) is 24.3 Å². The largest absolute Gasteiger partial charge is 0.409 e. The molecule has 0 fully saturated rings. The van der Waals surface area contributed by atoms with E-state index in [4.69, 9.17) is 8.85 Å². The lowest BCUT2D eigenvalue weighted by Gasteiger charge is -2.53. The lowest BCUT2D eigenvalue weighted by molar-refractivity contribution is 0.203. The van der Waals surface area contributed by atoms with E-state index in [0.29, 0.717) is 0 Å². The van der Waals surface area contributed by atoms with Crippen LogP contribution in [0.15, 0.2) is 24.3 Å². The summed E-state index contributed by atoms with van der Waals surface area (Å²) in [6, 6.07) is 9.57. The lowest BCUT2D eigenvalue weighted by atomic mass is 10.2. The Kier molecular flexibility index (Phi) is 8.62. The third-order valence-corrected chi connectivity index (χ3v) is 19.1. The van der Waals surface area contributed by atoms with E-state index in [1.807, 2.05) is 0 Å². The van der Waals surface area contributed by atoms with Gasteiger partial charge >= 0.3 is 0 Å². The topological polar surface area (TPSA) is 18.5 Å². The standard InChI is InChI=1S/C28H54O2Si2/c1-21(2)29-31(25(5,6)7,26(8,9)10)23-17-19-24(20-18-23)32(27(11,12)13,28(14,15)16)30-22(3)4/h17-22H,1-16H3. The van der Waals surface area contributed by atoms with E-state index in [1.165, 1.54) is 10.4 Å². The fourth-order valence-electron chi connectivity index (χ4n) is 6.47. The molecule has 0 saturated carbocycles. The van der Waals surface area contributed by atoms with Crippen molar-refractivity contribution < 1.29 is 8.85 Å². The van der Waals surface area contributed by atoms with Crippen LogP contribution in [-0.4, -0.2) is 28.8 Å². The van der Waals surface area contributed by atoms with Crippen LogP contribution in [0.3, 0.4) is 0 Å². The first kappa shape index (κ1) is 29.6. The molecule has 0 N–H and O–H groups in total. The number of rotatable bonds is 6. The normalized spacial score (nSPS) is 15.1. The molecule has 4 heteroatoms. The van der Waals surface area contributed by atoms with Crippen LogP contribution in [0.2, 0.25) is 20.2 Å². The molecule has 186 valence electrons. The number of hydrogen-bond acceptors (Lipinski definition) is 2. The maximum atomic E-state index is 7.00. The second-order valence-electron chi connectivity index (χ2n) is 14.3. The molecule has 0 spiro atoms. The van der Waals surface area contributed by atoms with E-state index in [-0.39, 0.29) is 32.4 Å². The van der Waals surface area contributed by atoms with Gasteiger partial charge in [-0.1, -0.05) is 107 Å². The van der Waals surface area contributed by atoms with Crippen molar-refractivity contribution in [2.45, 2.75) is 143 Å². The molecule has 0 amide bonds. The van der Waals surface area contributed by atoms with E-state index in [1.54, 1.807) is 0 Å². The molecule has 0 heterocycles. The van der Waals surface area contributed by atoms with E-state index >= 15 is 0 Å². The Morgan fingerprint density at radius 2 is 0.656 bits per heavy atom. The second-order valence-corrected chi connectivity index (χ2v) is 24.6. The quantitative estimate of drug-likeness (QED) is 0.385. The lowest BCUT2D eigenvalue weighted by Crippen LogP contribution is -2.66. The molecule has 0 bridgehead atoms. The highest BCUT2D eigenvalue weighted by molar-refractivity contribution is 6.93. The van der Waals surface area contributed by atoms with Crippen LogP contribution < -0.4 is 10.4 Å². The highest BCUT2D eigenvalue weighted by Gasteiger charge is 2.59. The van der Waals surface area contributed by atoms with Crippen molar-refractivity contribution in [3.63, 3.8) is 0 Å². The summed E-state index contributed by atoms with van der Waals surface area (Å²) in [4.78, 5) is 0. The molecule has 1 rings (SSSR count). The van der Waals surface area contributed by atoms with Gasteiger partial charge in [0.05, 0.1) is 0 Å². The molecule has 0 saturated heterocycles. The maximum Gasteiger partial charge on any atom is 0.235 e. The summed E-state index contributed by atoms with van der Waals surface area (Å²) in [7, 11) is -4.74. The van der Waals surface area contributed by atoms with Crippen LogP contribution in [0.5, 0.6) is 0 Å². The zero-order valence-electron chi connectivity index (χ0n) is 24.3. The summed E-state index contributed by atoms with van der Waals surface area (Å²) in [5, 5.41) is 3.04. The van der Waals surface area contributed by atoms with Gasteiger partial charge in [0.25, 0.3) is 0 Å². The SMILES string of the molecule is CC(C)O[Si](c1ccc([Si](OC(C)C)(C(C)(C)C)C(C)(C)C)cc1)(C(C)(C)C)C(C)(C)C. The summed E-state index contributed by atoms with van der Waals surface area (Å²) in [5.74, 6) is 0. The Morgan fingerprint density at radius 3 is 0.781 bits per heavy atom. The van der Waals surface area contributed by atoms with Gasteiger partial charge in [-0.25, -0.2) is 0 Å². The van der Waals surface area contributed by atoms with E-state index in [9.17, 15) is 0 Å². The summed E-state index contributed by atoms with van der Waals surface area (Å²) in [5.41, 5.74) is 0. The van der Waals surface area contributed by atoms with Gasteiger partial charge in [-0.2, -0.15) is 0 Å². The van der Waals surface area contributed by atoms with Crippen LogP contribution in [-0.2, 0) is 8.85 Å². The summed E-state index contributed by atoms with van der Waals surface area (Å²) in [6.07, 6.45) is 0.392. The van der Waals surface area contributed by atoms with Crippen molar-refractivity contribution >= 4 is 27.0 Å². The zero-order valence-corrected chi connectivity index (χ0v) is 26.3. The Morgan fingerprint density at radius 1 is 0.469 bits per heavy atom. The molecule has 0 aliphatic carbocycles. The Hall–Kier alpha value is -0.426. The Labute approximate surface area is 203 Å². The van der Waals surface area contributed by atoms with Gasteiger partial charge in [0, 0.05) is 12.2 Å². The van der Waals surface area contributed by atoms with Crippen molar-refractivity contribution in [1.82, 2.24) is 0 Å². The highest BCUT2D eigenvalue weighted by Crippen LogP contribution is 2.53. The Balaban J connectivity index is 3.89. The molecular weight excluding hydrogens is 424 g/mol. The van der Waals surface area contributed by atoms with Crippen molar-refractivity contribution in [2.24, 2.45) is 0 Å². The highest BCUT2D eigenvalue weighted by atomic mass is 28.4. The first-order valence-electron chi connectivity index (χ1n) is 12.5. The monoisotopic (exact) mass is 478 g/mol. The van der Waals surface area contributed by atoms with Gasteiger partial charge in [0.15, 0.2) is 0 Å². The fourth-order valence-corrected chi connectivity index (χ4v) is 18.8. The third kappa shape index (κ3) is 5.29. The van der Waals surface area contributed by atoms with E-state index < -0.39 is 16.6 Å². The molecule has 0 atom stereocenters. The summed E-state index contributed by atoms with van der Waals surface area (Å²) >= 11 is 0. The maximum absolute atomic E-state index is 7.00. The molecule has 0 unspecified atom stereocenters. The number of benzene rings is 1. The minimum atomic E-state index is -2.37. The first-order valence-corrected chi connectivity index (χ1v) is 16.3. The van der Waals surface area contributed by atoms with E-state index in [2.05, 4.69) is 135 Å². The molecule has 0 aromatic heterocycles. The van der Waals surface area contributed by atoms with Gasteiger partial charge < -0.3 is 8.85 Å². The minimum Gasteiger partial charge on any atom is -0.409 e. The summed E-state index contributed by atoms with van der Waals surface area (Å²) < 4.78 is 14.0. The second kappa shape index (κ2) is 9.32.